The summed E-state index contributed by atoms with van der Waals surface area (Å²) in [5.41, 5.74) is 4.70. The summed E-state index contributed by atoms with van der Waals surface area (Å²) in [6, 6.07) is 14.8. The van der Waals surface area contributed by atoms with Gasteiger partial charge in [-0.2, -0.15) is 0 Å². The molecule has 1 unspecified atom stereocenters. The first kappa shape index (κ1) is 19.2. The molecule has 1 atom stereocenters. The lowest BCUT2D eigenvalue weighted by atomic mass is 9.95. The summed E-state index contributed by atoms with van der Waals surface area (Å²) >= 11 is 6.12. The van der Waals surface area contributed by atoms with Crippen molar-refractivity contribution in [3.8, 4) is 0 Å². The minimum Gasteiger partial charge on any atom is -0.319 e. The Morgan fingerprint density at radius 2 is 1.86 bits per heavy atom. The Bertz CT molecular complexity index is 1010. The van der Waals surface area contributed by atoms with Crippen molar-refractivity contribution in [3.63, 3.8) is 0 Å². The van der Waals surface area contributed by atoms with E-state index in [2.05, 4.69) is 39.1 Å². The molecule has 0 radical (unpaired) electrons. The summed E-state index contributed by atoms with van der Waals surface area (Å²) in [6.45, 7) is 4.22. The van der Waals surface area contributed by atoms with Gasteiger partial charge in [0.05, 0.1) is 11.0 Å². The third kappa shape index (κ3) is 4.13. The van der Waals surface area contributed by atoms with Gasteiger partial charge in [-0.1, -0.05) is 43.1 Å². The number of aryl methyl sites for hydroxylation is 1. The Hall–Kier alpha value is -2.17. The van der Waals surface area contributed by atoms with E-state index in [4.69, 9.17) is 11.6 Å². The number of likely N-dealkylation sites (tertiary alicyclic amines) is 1. The average molecular weight is 396 g/mol. The zero-order valence-corrected chi connectivity index (χ0v) is 17.0. The molecule has 1 fully saturated rings. The third-order valence-electron chi connectivity index (χ3n) is 5.68. The van der Waals surface area contributed by atoms with Crippen LogP contribution >= 0.6 is 11.6 Å². The number of fused-ring (bicyclic) bond motifs is 1. The van der Waals surface area contributed by atoms with Crippen LogP contribution in [0.5, 0.6) is 0 Å². The Kier molecular flexibility index (Phi) is 5.79. The molecule has 1 saturated heterocycles. The molecule has 1 aliphatic heterocycles. The van der Waals surface area contributed by atoms with Crippen LogP contribution in [0, 0.1) is 0 Å². The summed E-state index contributed by atoms with van der Waals surface area (Å²) in [5.74, 6) is 0. The van der Waals surface area contributed by atoms with Crippen molar-refractivity contribution in [2.24, 2.45) is 0 Å². The van der Waals surface area contributed by atoms with E-state index in [1.54, 1.807) is 0 Å². The lowest BCUT2D eigenvalue weighted by molar-refractivity contribution is 0.162. The van der Waals surface area contributed by atoms with E-state index >= 15 is 0 Å². The number of benzene rings is 2. The summed E-state index contributed by atoms with van der Waals surface area (Å²) in [6.07, 6.45) is 5.38. The predicted octanol–water partition coefficient (Wildman–Crippen LogP) is 4.91. The van der Waals surface area contributed by atoms with E-state index in [0.29, 0.717) is 18.2 Å². The molecule has 0 aliphatic carbocycles. The first-order valence-corrected chi connectivity index (χ1v) is 10.5. The summed E-state index contributed by atoms with van der Waals surface area (Å²) in [4.78, 5) is 22.1. The van der Waals surface area contributed by atoms with Gasteiger partial charge in [-0.3, -0.25) is 9.69 Å². The number of nitrogens with one attached hydrogen (secondary N) is 1. The van der Waals surface area contributed by atoms with Crippen LogP contribution in [0.25, 0.3) is 11.0 Å². The largest absolute Gasteiger partial charge is 0.319 e. The van der Waals surface area contributed by atoms with Gasteiger partial charge in [-0.25, -0.2) is 4.98 Å². The van der Waals surface area contributed by atoms with Gasteiger partial charge in [0, 0.05) is 11.1 Å². The molecule has 146 valence electrons. The van der Waals surface area contributed by atoms with Crippen LogP contribution in [0.1, 0.15) is 49.0 Å². The quantitative estimate of drug-likeness (QED) is 0.667. The molecule has 4 rings (SSSR count). The Labute approximate surface area is 170 Å². The molecule has 28 heavy (non-hydrogen) atoms. The van der Waals surface area contributed by atoms with Gasteiger partial charge < -0.3 is 4.98 Å². The van der Waals surface area contributed by atoms with Gasteiger partial charge in [0.15, 0.2) is 0 Å². The number of H-pyrrole nitrogens is 1. The van der Waals surface area contributed by atoms with Crippen molar-refractivity contribution in [2.45, 2.75) is 45.1 Å². The number of aromatic amines is 1. The standard InChI is InChI=1S/C23H26ClN3O/c1-2-19-23(28)26-20-11-6-16(14-21(20)25-19)15-22(27-12-4-3-5-13-27)17-7-9-18(24)10-8-17/h6-11,14,22H,2-5,12-13,15H2,1H3,(H,26,28). The fraction of sp³-hybridized carbons (Fsp3) is 0.391. The highest BCUT2D eigenvalue weighted by atomic mass is 35.5. The summed E-state index contributed by atoms with van der Waals surface area (Å²) < 4.78 is 0. The predicted molar refractivity (Wildman–Crippen MR) is 115 cm³/mol. The summed E-state index contributed by atoms with van der Waals surface area (Å²) in [7, 11) is 0. The Morgan fingerprint density at radius 1 is 1.11 bits per heavy atom. The zero-order valence-electron chi connectivity index (χ0n) is 16.2. The van der Waals surface area contributed by atoms with Crippen molar-refractivity contribution in [1.82, 2.24) is 14.9 Å². The van der Waals surface area contributed by atoms with Crippen LogP contribution in [0.2, 0.25) is 5.02 Å². The second-order valence-corrected chi connectivity index (χ2v) is 8.02. The van der Waals surface area contributed by atoms with Gasteiger partial charge in [0.25, 0.3) is 5.56 Å². The van der Waals surface area contributed by atoms with Crippen LogP contribution in [0.15, 0.2) is 47.3 Å². The molecule has 0 amide bonds. The maximum Gasteiger partial charge on any atom is 0.270 e. The average Bonchev–Trinajstić information content (AvgIpc) is 2.73. The van der Waals surface area contributed by atoms with Crippen LogP contribution in [-0.4, -0.2) is 28.0 Å². The number of nitrogens with zero attached hydrogens (tertiary/aromatic N) is 2. The van der Waals surface area contributed by atoms with E-state index in [9.17, 15) is 4.79 Å². The first-order chi connectivity index (χ1) is 13.6. The molecule has 0 bridgehead atoms. The lowest BCUT2D eigenvalue weighted by Crippen LogP contribution is -2.34. The fourth-order valence-corrected chi connectivity index (χ4v) is 4.25. The number of hydrogen-bond acceptors (Lipinski definition) is 3. The van der Waals surface area contributed by atoms with Crippen molar-refractivity contribution in [3.05, 3.63) is 74.7 Å². The van der Waals surface area contributed by atoms with Crippen molar-refractivity contribution >= 4 is 22.6 Å². The molecule has 2 heterocycles. The van der Waals surface area contributed by atoms with Gasteiger partial charge >= 0.3 is 0 Å². The second-order valence-electron chi connectivity index (χ2n) is 7.59. The van der Waals surface area contributed by atoms with E-state index in [0.717, 1.165) is 35.6 Å². The highest BCUT2D eigenvalue weighted by molar-refractivity contribution is 6.30. The SMILES string of the molecule is CCc1nc2cc(CC(c3ccc(Cl)cc3)N3CCCCC3)ccc2[nH]c1=O. The molecule has 0 spiro atoms. The Balaban J connectivity index is 1.68. The molecule has 1 aromatic heterocycles. The minimum absolute atomic E-state index is 0.0879. The van der Waals surface area contributed by atoms with Crippen molar-refractivity contribution < 1.29 is 0 Å². The smallest absolute Gasteiger partial charge is 0.270 e. The Morgan fingerprint density at radius 3 is 2.57 bits per heavy atom. The van der Waals surface area contributed by atoms with Crippen LogP contribution < -0.4 is 5.56 Å². The third-order valence-corrected chi connectivity index (χ3v) is 5.93. The number of rotatable bonds is 5. The minimum atomic E-state index is -0.0879. The normalized spacial score (nSPS) is 16.4. The van der Waals surface area contributed by atoms with Crippen LogP contribution in [0.4, 0.5) is 0 Å². The summed E-state index contributed by atoms with van der Waals surface area (Å²) in [5, 5.41) is 0.770. The maximum absolute atomic E-state index is 12.0. The van der Waals surface area contributed by atoms with E-state index < -0.39 is 0 Å². The number of halogens is 1. The highest BCUT2D eigenvalue weighted by Crippen LogP contribution is 2.29. The van der Waals surface area contributed by atoms with Crippen LogP contribution in [0.3, 0.4) is 0 Å². The first-order valence-electron chi connectivity index (χ1n) is 10.2. The molecule has 1 N–H and O–H groups in total. The fourth-order valence-electron chi connectivity index (χ4n) is 4.13. The van der Waals surface area contributed by atoms with E-state index in [1.807, 2.05) is 25.1 Å². The monoisotopic (exact) mass is 395 g/mol. The van der Waals surface area contributed by atoms with Gasteiger partial charge in [0.2, 0.25) is 0 Å². The molecule has 0 saturated carbocycles. The van der Waals surface area contributed by atoms with Gasteiger partial charge in [-0.05, 0) is 74.2 Å². The van der Waals surface area contributed by atoms with E-state index in [-0.39, 0.29) is 5.56 Å². The second kappa shape index (κ2) is 8.46. The van der Waals surface area contributed by atoms with Crippen molar-refractivity contribution in [1.29, 1.82) is 0 Å². The van der Waals surface area contributed by atoms with Crippen LogP contribution in [-0.2, 0) is 12.8 Å². The van der Waals surface area contributed by atoms with Gasteiger partial charge in [-0.15, -0.1) is 0 Å². The molecular weight excluding hydrogens is 370 g/mol. The number of aromatic nitrogens is 2. The maximum atomic E-state index is 12.0. The zero-order chi connectivity index (χ0) is 19.5. The van der Waals surface area contributed by atoms with E-state index in [1.165, 1.54) is 30.4 Å². The molecule has 3 aromatic rings. The molecule has 2 aromatic carbocycles. The van der Waals surface area contributed by atoms with Gasteiger partial charge in [0.1, 0.15) is 5.69 Å². The molecular formula is C23H26ClN3O. The number of hydrogen-bond donors (Lipinski definition) is 1. The van der Waals surface area contributed by atoms with Crippen molar-refractivity contribution in [2.75, 3.05) is 13.1 Å². The topological polar surface area (TPSA) is 49.0 Å². The lowest BCUT2D eigenvalue weighted by Gasteiger charge is -2.35. The highest BCUT2D eigenvalue weighted by Gasteiger charge is 2.23. The molecule has 1 aliphatic rings. The number of piperidine rings is 1. The molecule has 5 heteroatoms. The molecule has 4 nitrogen and oxygen atoms in total.